The van der Waals surface area contributed by atoms with Crippen molar-refractivity contribution in [2.45, 2.75) is 52.4 Å². The van der Waals surface area contributed by atoms with E-state index in [2.05, 4.69) is 24.4 Å². The first-order chi connectivity index (χ1) is 13.2. The van der Waals surface area contributed by atoms with E-state index in [0.717, 1.165) is 19.3 Å². The molecule has 1 N–H and O–H groups in total. The van der Waals surface area contributed by atoms with Crippen LogP contribution in [0.4, 0.5) is 0 Å². The van der Waals surface area contributed by atoms with Gasteiger partial charge in [0.2, 0.25) is 5.91 Å². The monoisotopic (exact) mass is 404 g/mol. The maximum Gasteiger partial charge on any atom is 0.246 e. The first-order valence-electron chi connectivity index (χ1n) is 9.96. The maximum atomic E-state index is 13.2. The summed E-state index contributed by atoms with van der Waals surface area (Å²) < 4.78 is 10.6. The second-order valence-corrected chi connectivity index (χ2v) is 10.2. The Labute approximate surface area is 171 Å². The van der Waals surface area contributed by atoms with E-state index < -0.39 is 0 Å². The first kappa shape index (κ1) is 19.6. The second kappa shape index (κ2) is 6.65. The van der Waals surface area contributed by atoms with Crippen LogP contribution in [0.25, 0.3) is 0 Å². The SMILES string of the molecule is COc1ccc(/C=N/NC(=O)C23CC4CC(C)(CC(C)(C4)C2)C3)c(Cl)c1OC. The highest BCUT2D eigenvalue weighted by Gasteiger charge is 2.62. The summed E-state index contributed by atoms with van der Waals surface area (Å²) in [4.78, 5) is 13.2. The molecule has 5 nitrogen and oxygen atoms in total. The Morgan fingerprint density at radius 3 is 2.39 bits per heavy atom. The van der Waals surface area contributed by atoms with E-state index in [1.54, 1.807) is 32.6 Å². The molecule has 1 aromatic carbocycles. The highest BCUT2D eigenvalue weighted by Crippen LogP contribution is 2.69. The van der Waals surface area contributed by atoms with Crippen LogP contribution >= 0.6 is 11.6 Å². The van der Waals surface area contributed by atoms with Crippen molar-refractivity contribution in [1.29, 1.82) is 0 Å². The predicted octanol–water partition coefficient (Wildman–Crippen LogP) is 4.80. The molecule has 0 radical (unpaired) electrons. The zero-order chi connectivity index (χ0) is 20.2. The van der Waals surface area contributed by atoms with Crippen LogP contribution in [-0.2, 0) is 4.79 Å². The number of carbonyl (C=O) groups is 1. The van der Waals surface area contributed by atoms with Crippen LogP contribution in [0.3, 0.4) is 0 Å². The minimum atomic E-state index is -0.276. The van der Waals surface area contributed by atoms with E-state index in [4.69, 9.17) is 21.1 Å². The third kappa shape index (κ3) is 3.18. The quantitative estimate of drug-likeness (QED) is 0.566. The standard InChI is InChI=1S/C22H29ClN2O3/c1-20-7-14-8-21(2,11-20)13-22(9-14,12-20)19(26)25-24-10-15-5-6-16(27-3)18(28-4)17(15)23/h5-6,10,14H,7-9,11-13H2,1-4H3,(H,25,26)/b24-10+. The molecule has 28 heavy (non-hydrogen) atoms. The lowest BCUT2D eigenvalue weighted by molar-refractivity contribution is -0.170. The van der Waals surface area contributed by atoms with Crippen LogP contribution in [-0.4, -0.2) is 26.3 Å². The summed E-state index contributed by atoms with van der Waals surface area (Å²) in [6, 6.07) is 3.57. The van der Waals surface area contributed by atoms with Gasteiger partial charge in [0.25, 0.3) is 0 Å². The summed E-state index contributed by atoms with van der Waals surface area (Å²) in [7, 11) is 3.11. The van der Waals surface area contributed by atoms with Gasteiger partial charge in [-0.2, -0.15) is 5.10 Å². The Kier molecular flexibility index (Phi) is 4.65. The van der Waals surface area contributed by atoms with Gasteiger partial charge in [-0.1, -0.05) is 25.4 Å². The van der Waals surface area contributed by atoms with E-state index in [0.29, 0.717) is 38.8 Å². The Bertz CT molecular complexity index is 819. The number of ether oxygens (including phenoxy) is 2. The van der Waals surface area contributed by atoms with Crippen LogP contribution < -0.4 is 14.9 Å². The fourth-order valence-electron chi connectivity index (χ4n) is 6.98. The fraction of sp³-hybridized carbons (Fsp3) is 0.636. The van der Waals surface area contributed by atoms with E-state index >= 15 is 0 Å². The number of halogens is 1. The van der Waals surface area contributed by atoms with Crippen molar-refractivity contribution in [3.8, 4) is 11.5 Å². The minimum Gasteiger partial charge on any atom is -0.493 e. The van der Waals surface area contributed by atoms with Gasteiger partial charge in [-0.3, -0.25) is 4.79 Å². The summed E-state index contributed by atoms with van der Waals surface area (Å²) in [5.74, 6) is 1.74. The molecular formula is C22H29ClN2O3. The summed E-state index contributed by atoms with van der Waals surface area (Å²) >= 11 is 6.39. The van der Waals surface area contributed by atoms with Crippen LogP contribution in [0.5, 0.6) is 11.5 Å². The van der Waals surface area contributed by atoms with Crippen molar-refractivity contribution in [2.24, 2.45) is 27.3 Å². The van der Waals surface area contributed by atoms with Crippen LogP contribution in [0.1, 0.15) is 57.9 Å². The smallest absolute Gasteiger partial charge is 0.246 e. The van der Waals surface area contributed by atoms with Gasteiger partial charge in [0.1, 0.15) is 0 Å². The Morgan fingerprint density at radius 2 is 1.82 bits per heavy atom. The molecule has 152 valence electrons. The van der Waals surface area contributed by atoms with Crippen molar-refractivity contribution >= 4 is 23.7 Å². The molecule has 4 aliphatic rings. The van der Waals surface area contributed by atoms with Gasteiger partial charge in [-0.15, -0.1) is 0 Å². The Hall–Kier alpha value is -1.75. The zero-order valence-corrected chi connectivity index (χ0v) is 17.9. The molecule has 1 amide bonds. The third-order valence-corrected chi connectivity index (χ3v) is 7.38. The number of nitrogens with zero attached hydrogens (tertiary/aromatic N) is 1. The molecule has 6 heteroatoms. The van der Waals surface area contributed by atoms with Gasteiger partial charge in [0.15, 0.2) is 11.5 Å². The van der Waals surface area contributed by atoms with Gasteiger partial charge in [0, 0.05) is 5.56 Å². The van der Waals surface area contributed by atoms with Crippen LogP contribution in [0.15, 0.2) is 17.2 Å². The first-order valence-corrected chi connectivity index (χ1v) is 10.3. The van der Waals surface area contributed by atoms with E-state index in [9.17, 15) is 4.79 Å². The van der Waals surface area contributed by atoms with Crippen molar-refractivity contribution in [3.05, 3.63) is 22.7 Å². The molecule has 4 aliphatic carbocycles. The largest absolute Gasteiger partial charge is 0.493 e. The van der Waals surface area contributed by atoms with Crippen LogP contribution in [0.2, 0.25) is 5.02 Å². The average Bonchev–Trinajstić information content (AvgIpc) is 2.59. The molecule has 4 fully saturated rings. The molecule has 0 spiro atoms. The lowest BCUT2D eigenvalue weighted by Crippen LogP contribution is -2.59. The number of rotatable bonds is 5. The minimum absolute atomic E-state index is 0.0573. The normalized spacial score (nSPS) is 36.0. The average molecular weight is 405 g/mol. The lowest BCUT2D eigenvalue weighted by Gasteiger charge is -2.64. The molecule has 2 unspecified atom stereocenters. The van der Waals surface area contributed by atoms with Crippen molar-refractivity contribution in [1.82, 2.24) is 5.43 Å². The number of hydrazone groups is 1. The summed E-state index contributed by atoms with van der Waals surface area (Å²) in [5.41, 5.74) is 3.80. The van der Waals surface area contributed by atoms with Crippen LogP contribution in [0, 0.1) is 22.2 Å². The summed E-state index contributed by atoms with van der Waals surface area (Å²) in [6.45, 7) is 4.73. The molecule has 0 heterocycles. The van der Waals surface area contributed by atoms with Gasteiger partial charge in [-0.25, -0.2) is 5.43 Å². The van der Waals surface area contributed by atoms with E-state index in [-0.39, 0.29) is 11.3 Å². The zero-order valence-electron chi connectivity index (χ0n) is 17.1. The summed E-state index contributed by atoms with van der Waals surface area (Å²) in [6.07, 6.45) is 8.30. The number of nitrogens with one attached hydrogen (secondary N) is 1. The van der Waals surface area contributed by atoms with Gasteiger partial charge >= 0.3 is 0 Å². The third-order valence-electron chi connectivity index (χ3n) is 6.99. The highest BCUT2D eigenvalue weighted by atomic mass is 35.5. The molecule has 4 saturated carbocycles. The summed E-state index contributed by atoms with van der Waals surface area (Å²) in [5, 5.41) is 4.64. The van der Waals surface area contributed by atoms with Crippen molar-refractivity contribution in [2.75, 3.05) is 14.2 Å². The highest BCUT2D eigenvalue weighted by molar-refractivity contribution is 6.34. The van der Waals surface area contributed by atoms with Crippen molar-refractivity contribution < 1.29 is 14.3 Å². The molecule has 0 aromatic heterocycles. The Morgan fingerprint density at radius 1 is 1.14 bits per heavy atom. The van der Waals surface area contributed by atoms with Gasteiger partial charge < -0.3 is 9.47 Å². The topological polar surface area (TPSA) is 59.9 Å². The maximum absolute atomic E-state index is 13.2. The second-order valence-electron chi connectivity index (χ2n) is 9.81. The van der Waals surface area contributed by atoms with E-state index in [1.165, 1.54) is 19.3 Å². The molecule has 1 aromatic rings. The molecule has 0 aliphatic heterocycles. The molecule has 0 saturated heterocycles. The van der Waals surface area contributed by atoms with Crippen molar-refractivity contribution in [3.63, 3.8) is 0 Å². The number of benzene rings is 1. The number of amides is 1. The lowest BCUT2D eigenvalue weighted by atomic mass is 9.40. The molecular weight excluding hydrogens is 376 g/mol. The van der Waals surface area contributed by atoms with E-state index in [1.807, 2.05) is 0 Å². The fourth-order valence-corrected chi connectivity index (χ4v) is 7.27. The predicted molar refractivity (Wildman–Crippen MR) is 110 cm³/mol. The van der Waals surface area contributed by atoms with Gasteiger partial charge in [-0.05, 0) is 67.4 Å². The molecule has 5 rings (SSSR count). The number of methoxy groups -OCH3 is 2. The molecule has 2 atom stereocenters. The molecule has 4 bridgehead atoms. The Balaban J connectivity index is 1.51. The number of hydrogen-bond donors (Lipinski definition) is 1. The number of carbonyl (C=O) groups excluding carboxylic acids is 1. The van der Waals surface area contributed by atoms with Gasteiger partial charge in [0.05, 0.1) is 30.9 Å². The number of hydrogen-bond acceptors (Lipinski definition) is 4.